The van der Waals surface area contributed by atoms with Crippen LogP contribution in [0.3, 0.4) is 0 Å². The van der Waals surface area contributed by atoms with E-state index in [1.165, 1.54) is 6.42 Å². The molecular weight excluding hydrogens is 256 g/mol. The number of likely N-dealkylation sites (tertiary alicyclic amines) is 1. The Bertz CT molecular complexity index is 556. The lowest BCUT2D eigenvalue weighted by Gasteiger charge is -2.33. The Hall–Kier alpha value is -2.04. The zero-order valence-corrected chi connectivity index (χ0v) is 11.5. The quantitative estimate of drug-likeness (QED) is 0.852. The van der Waals surface area contributed by atoms with Crippen LogP contribution in [0.4, 0.5) is 5.69 Å². The normalized spacial score (nSPS) is 21.8. The second kappa shape index (κ2) is 5.15. The summed E-state index contributed by atoms with van der Waals surface area (Å²) in [5.74, 6) is 0.459. The van der Waals surface area contributed by atoms with Crippen molar-refractivity contribution in [3.63, 3.8) is 0 Å². The van der Waals surface area contributed by atoms with Crippen LogP contribution >= 0.6 is 0 Å². The number of piperidine rings is 1. The van der Waals surface area contributed by atoms with Gasteiger partial charge in [0, 0.05) is 18.2 Å². The molecule has 1 fully saturated rings. The number of amides is 2. The van der Waals surface area contributed by atoms with Crippen molar-refractivity contribution in [2.24, 2.45) is 0 Å². The Kier molecular flexibility index (Phi) is 3.34. The minimum absolute atomic E-state index is 0.0276. The van der Waals surface area contributed by atoms with Gasteiger partial charge in [-0.3, -0.25) is 9.59 Å². The summed E-state index contributed by atoms with van der Waals surface area (Å²) in [5, 5.41) is 2.73. The second-order valence-electron chi connectivity index (χ2n) is 5.39. The highest BCUT2D eigenvalue weighted by Gasteiger charge is 2.25. The molecule has 5 nitrogen and oxygen atoms in total. The van der Waals surface area contributed by atoms with Crippen LogP contribution in [-0.2, 0) is 4.79 Å². The number of fused-ring (bicyclic) bond motifs is 1. The third kappa shape index (κ3) is 2.35. The number of hydrogen-bond donors (Lipinski definition) is 1. The molecule has 106 valence electrons. The summed E-state index contributed by atoms with van der Waals surface area (Å²) in [6.07, 6.45) is 3.29. The molecule has 2 amide bonds. The lowest BCUT2D eigenvalue weighted by atomic mass is 10.0. The highest BCUT2D eigenvalue weighted by molar-refractivity contribution is 6.00. The Morgan fingerprint density at radius 1 is 1.40 bits per heavy atom. The number of ether oxygens (including phenoxy) is 1. The third-order valence-electron chi connectivity index (χ3n) is 3.92. The maximum atomic E-state index is 12.5. The van der Waals surface area contributed by atoms with Gasteiger partial charge >= 0.3 is 0 Å². The maximum absolute atomic E-state index is 12.5. The van der Waals surface area contributed by atoms with E-state index in [9.17, 15) is 9.59 Å². The number of carbonyl (C=O) groups excluding carboxylic acids is 2. The fourth-order valence-electron chi connectivity index (χ4n) is 2.78. The molecule has 0 aromatic heterocycles. The molecular formula is C15H18N2O3. The van der Waals surface area contributed by atoms with Crippen molar-refractivity contribution in [2.45, 2.75) is 32.2 Å². The molecule has 1 unspecified atom stereocenters. The molecule has 1 N–H and O–H groups in total. The number of anilines is 1. The van der Waals surface area contributed by atoms with Crippen LogP contribution < -0.4 is 10.1 Å². The van der Waals surface area contributed by atoms with E-state index >= 15 is 0 Å². The molecule has 0 bridgehead atoms. The summed E-state index contributed by atoms with van der Waals surface area (Å²) in [4.78, 5) is 25.8. The van der Waals surface area contributed by atoms with Crippen molar-refractivity contribution in [1.29, 1.82) is 0 Å². The average molecular weight is 274 g/mol. The molecule has 1 atom stereocenters. The van der Waals surface area contributed by atoms with E-state index in [1.807, 2.05) is 4.90 Å². The van der Waals surface area contributed by atoms with Gasteiger partial charge in [-0.2, -0.15) is 0 Å². The minimum Gasteiger partial charge on any atom is -0.482 e. The van der Waals surface area contributed by atoms with Crippen LogP contribution in [0.5, 0.6) is 5.75 Å². The van der Waals surface area contributed by atoms with Crippen molar-refractivity contribution < 1.29 is 14.3 Å². The van der Waals surface area contributed by atoms with Gasteiger partial charge in [0.2, 0.25) is 0 Å². The van der Waals surface area contributed by atoms with Gasteiger partial charge in [0.05, 0.1) is 5.69 Å². The van der Waals surface area contributed by atoms with Crippen LogP contribution in [0.15, 0.2) is 18.2 Å². The fourth-order valence-corrected chi connectivity index (χ4v) is 2.78. The largest absolute Gasteiger partial charge is 0.482 e. The van der Waals surface area contributed by atoms with Crippen LogP contribution in [0.2, 0.25) is 0 Å². The third-order valence-corrected chi connectivity index (χ3v) is 3.92. The summed E-state index contributed by atoms with van der Waals surface area (Å²) in [6, 6.07) is 5.49. The Balaban J connectivity index is 1.85. The van der Waals surface area contributed by atoms with Crippen molar-refractivity contribution >= 4 is 17.5 Å². The van der Waals surface area contributed by atoms with Crippen molar-refractivity contribution in [2.75, 3.05) is 18.5 Å². The topological polar surface area (TPSA) is 58.6 Å². The number of benzene rings is 1. The van der Waals surface area contributed by atoms with E-state index in [-0.39, 0.29) is 24.5 Å². The van der Waals surface area contributed by atoms with Crippen molar-refractivity contribution in [3.8, 4) is 5.75 Å². The van der Waals surface area contributed by atoms with Gasteiger partial charge in [0.25, 0.3) is 11.8 Å². The van der Waals surface area contributed by atoms with Gasteiger partial charge in [0.1, 0.15) is 5.75 Å². The molecule has 5 heteroatoms. The predicted octanol–water partition coefficient (Wildman–Crippen LogP) is 2.03. The Labute approximate surface area is 117 Å². The first-order valence-corrected chi connectivity index (χ1v) is 7.03. The molecule has 1 saturated heterocycles. The zero-order valence-electron chi connectivity index (χ0n) is 11.5. The molecule has 20 heavy (non-hydrogen) atoms. The van der Waals surface area contributed by atoms with E-state index in [1.54, 1.807) is 18.2 Å². The highest BCUT2D eigenvalue weighted by atomic mass is 16.5. The van der Waals surface area contributed by atoms with Gasteiger partial charge in [-0.25, -0.2) is 0 Å². The summed E-state index contributed by atoms with van der Waals surface area (Å²) < 4.78 is 5.30. The molecule has 1 aromatic carbocycles. The Morgan fingerprint density at radius 3 is 3.05 bits per heavy atom. The number of hydrogen-bond acceptors (Lipinski definition) is 3. The first-order valence-electron chi connectivity index (χ1n) is 7.03. The smallest absolute Gasteiger partial charge is 0.262 e. The first-order chi connectivity index (χ1) is 9.65. The van der Waals surface area contributed by atoms with Crippen LogP contribution in [0.1, 0.15) is 36.5 Å². The monoisotopic (exact) mass is 274 g/mol. The number of carbonyl (C=O) groups is 2. The molecule has 2 aliphatic heterocycles. The average Bonchev–Trinajstić information content (AvgIpc) is 2.46. The lowest BCUT2D eigenvalue weighted by Crippen LogP contribution is -2.42. The SMILES string of the molecule is CC1CCCCN1C(=O)c1ccc2c(c1)NC(=O)CO2. The highest BCUT2D eigenvalue weighted by Crippen LogP contribution is 2.29. The zero-order chi connectivity index (χ0) is 14.1. The minimum atomic E-state index is -0.187. The van der Waals surface area contributed by atoms with E-state index < -0.39 is 0 Å². The molecule has 0 saturated carbocycles. The van der Waals surface area contributed by atoms with Gasteiger partial charge in [-0.05, 0) is 44.4 Å². The van der Waals surface area contributed by atoms with E-state index in [4.69, 9.17) is 4.74 Å². The Morgan fingerprint density at radius 2 is 2.25 bits per heavy atom. The van der Waals surface area contributed by atoms with Crippen LogP contribution in [0.25, 0.3) is 0 Å². The molecule has 2 heterocycles. The van der Waals surface area contributed by atoms with Gasteiger partial charge < -0.3 is 15.0 Å². The van der Waals surface area contributed by atoms with Gasteiger partial charge in [0.15, 0.2) is 6.61 Å². The van der Waals surface area contributed by atoms with E-state index in [2.05, 4.69) is 12.2 Å². The maximum Gasteiger partial charge on any atom is 0.262 e. The van der Waals surface area contributed by atoms with Crippen molar-refractivity contribution in [1.82, 2.24) is 4.90 Å². The summed E-state index contributed by atoms with van der Waals surface area (Å²) >= 11 is 0. The van der Waals surface area contributed by atoms with E-state index in [0.717, 1.165) is 19.4 Å². The number of rotatable bonds is 1. The number of nitrogens with one attached hydrogen (secondary N) is 1. The standard InChI is InChI=1S/C15H18N2O3/c1-10-4-2-3-7-17(10)15(19)11-5-6-13-12(8-11)16-14(18)9-20-13/h5-6,8,10H,2-4,7,9H2,1H3,(H,16,18). The molecule has 0 radical (unpaired) electrons. The summed E-state index contributed by atoms with van der Waals surface area (Å²) in [6.45, 7) is 2.92. The molecule has 1 aromatic rings. The molecule has 0 aliphatic carbocycles. The van der Waals surface area contributed by atoms with Crippen LogP contribution in [0, 0.1) is 0 Å². The van der Waals surface area contributed by atoms with Crippen molar-refractivity contribution in [3.05, 3.63) is 23.8 Å². The number of nitrogens with zero attached hydrogens (tertiary/aromatic N) is 1. The second-order valence-corrected chi connectivity index (χ2v) is 5.39. The molecule has 3 rings (SSSR count). The lowest BCUT2D eigenvalue weighted by molar-refractivity contribution is -0.118. The molecule has 0 spiro atoms. The summed E-state index contributed by atoms with van der Waals surface area (Å²) in [5.41, 5.74) is 1.18. The van der Waals surface area contributed by atoms with Crippen LogP contribution in [-0.4, -0.2) is 35.9 Å². The fraction of sp³-hybridized carbons (Fsp3) is 0.467. The van der Waals surface area contributed by atoms with E-state index in [0.29, 0.717) is 17.0 Å². The van der Waals surface area contributed by atoms with Gasteiger partial charge in [-0.15, -0.1) is 0 Å². The van der Waals surface area contributed by atoms with Gasteiger partial charge in [-0.1, -0.05) is 0 Å². The predicted molar refractivity (Wildman–Crippen MR) is 74.9 cm³/mol. The molecule has 2 aliphatic rings. The first kappa shape index (κ1) is 13.0. The summed E-state index contributed by atoms with van der Waals surface area (Å²) in [7, 11) is 0.